The molecular weight excluding hydrogens is 388 g/mol. The summed E-state index contributed by atoms with van der Waals surface area (Å²) in [7, 11) is 0. The highest BCUT2D eigenvalue weighted by Crippen LogP contribution is 2.49. The Kier molecular flexibility index (Phi) is 5.94. The lowest BCUT2D eigenvalue weighted by molar-refractivity contribution is -0.137. The maximum atomic E-state index is 14.1. The number of ether oxygens (including phenoxy) is 1. The van der Waals surface area contributed by atoms with E-state index in [0.29, 0.717) is 19.4 Å². The van der Waals surface area contributed by atoms with Crippen LogP contribution in [-0.4, -0.2) is 23.5 Å². The quantitative estimate of drug-likeness (QED) is 0.415. The highest BCUT2D eigenvalue weighted by Gasteiger charge is 2.50. The molecule has 0 spiro atoms. The van der Waals surface area contributed by atoms with Crippen molar-refractivity contribution in [2.75, 3.05) is 11.5 Å². The monoisotopic (exact) mass is 412 g/mol. The highest BCUT2D eigenvalue weighted by atomic mass is 16.5. The first-order valence-electron chi connectivity index (χ1n) is 10.4. The summed E-state index contributed by atoms with van der Waals surface area (Å²) in [5.74, 6) is -0.412. The van der Waals surface area contributed by atoms with Gasteiger partial charge in [-0.1, -0.05) is 42.5 Å². The SMILES string of the molecule is CCOC(=O)C=CCC1(Cc2ccncc2)C(=O)N(c2ccccc2)c2ccccc21. The van der Waals surface area contributed by atoms with E-state index in [4.69, 9.17) is 4.74 Å². The van der Waals surface area contributed by atoms with Crippen molar-refractivity contribution in [3.05, 3.63) is 102 Å². The maximum absolute atomic E-state index is 14.1. The molecule has 1 atom stereocenters. The number of anilines is 2. The Morgan fingerprint density at radius 1 is 1.03 bits per heavy atom. The van der Waals surface area contributed by atoms with E-state index < -0.39 is 11.4 Å². The van der Waals surface area contributed by atoms with Gasteiger partial charge in [-0.3, -0.25) is 14.7 Å². The van der Waals surface area contributed by atoms with Crippen molar-refractivity contribution < 1.29 is 14.3 Å². The van der Waals surface area contributed by atoms with Crippen molar-refractivity contribution in [1.29, 1.82) is 0 Å². The number of carbonyl (C=O) groups is 2. The minimum Gasteiger partial charge on any atom is -0.463 e. The molecule has 0 saturated carbocycles. The predicted molar refractivity (Wildman–Crippen MR) is 120 cm³/mol. The Morgan fingerprint density at radius 3 is 2.48 bits per heavy atom. The fourth-order valence-corrected chi connectivity index (χ4v) is 4.18. The molecule has 1 amide bonds. The predicted octanol–water partition coefficient (Wildman–Crippen LogP) is 4.75. The third kappa shape index (κ3) is 3.99. The van der Waals surface area contributed by atoms with E-state index in [1.165, 1.54) is 6.08 Å². The molecule has 1 aromatic heterocycles. The maximum Gasteiger partial charge on any atom is 0.330 e. The van der Waals surface area contributed by atoms with E-state index in [2.05, 4.69) is 4.98 Å². The molecule has 2 aromatic carbocycles. The second-order valence-corrected chi connectivity index (χ2v) is 7.47. The van der Waals surface area contributed by atoms with Crippen molar-refractivity contribution in [2.45, 2.75) is 25.2 Å². The number of amides is 1. The van der Waals surface area contributed by atoms with Gasteiger partial charge in [0.05, 0.1) is 17.7 Å². The van der Waals surface area contributed by atoms with Crippen LogP contribution in [-0.2, 0) is 26.2 Å². The third-order valence-corrected chi connectivity index (χ3v) is 5.55. The molecule has 0 radical (unpaired) electrons. The van der Waals surface area contributed by atoms with Crippen molar-refractivity contribution >= 4 is 23.3 Å². The summed E-state index contributed by atoms with van der Waals surface area (Å²) < 4.78 is 5.02. The zero-order valence-corrected chi connectivity index (χ0v) is 17.4. The Balaban J connectivity index is 1.81. The molecule has 0 bridgehead atoms. The van der Waals surface area contributed by atoms with Crippen LogP contribution >= 0.6 is 0 Å². The second-order valence-electron chi connectivity index (χ2n) is 7.47. The first-order chi connectivity index (χ1) is 15.2. The largest absolute Gasteiger partial charge is 0.463 e. The zero-order chi connectivity index (χ0) is 21.7. The van der Waals surface area contributed by atoms with Gasteiger partial charge in [-0.2, -0.15) is 0 Å². The first kappa shape index (κ1) is 20.5. The van der Waals surface area contributed by atoms with Crippen molar-refractivity contribution in [3.8, 4) is 0 Å². The van der Waals surface area contributed by atoms with Gasteiger partial charge in [0.15, 0.2) is 0 Å². The molecule has 5 nitrogen and oxygen atoms in total. The molecule has 1 unspecified atom stereocenters. The van der Waals surface area contributed by atoms with Gasteiger partial charge in [0, 0.05) is 24.2 Å². The lowest BCUT2D eigenvalue weighted by Crippen LogP contribution is -2.40. The van der Waals surface area contributed by atoms with Gasteiger partial charge in [-0.15, -0.1) is 0 Å². The molecule has 0 aliphatic carbocycles. The van der Waals surface area contributed by atoms with Crippen LogP contribution in [0, 0.1) is 0 Å². The molecule has 2 heterocycles. The third-order valence-electron chi connectivity index (χ3n) is 5.55. The van der Waals surface area contributed by atoms with E-state index in [9.17, 15) is 9.59 Å². The van der Waals surface area contributed by atoms with Gasteiger partial charge in [-0.25, -0.2) is 4.79 Å². The summed E-state index contributed by atoms with van der Waals surface area (Å²) in [6, 6.07) is 21.4. The first-order valence-corrected chi connectivity index (χ1v) is 10.4. The number of hydrogen-bond donors (Lipinski definition) is 0. The Labute approximate surface area is 182 Å². The standard InChI is InChI=1S/C26H24N2O3/c1-2-31-24(29)13-8-16-26(19-20-14-17-27-18-15-20)22-11-6-7-12-23(22)28(25(26)30)21-9-4-3-5-10-21/h3-15,17-18H,2,16,19H2,1H3. The molecule has 1 aliphatic rings. The minimum atomic E-state index is -0.837. The van der Waals surface area contributed by atoms with Crippen LogP contribution in [0.4, 0.5) is 11.4 Å². The number of hydrogen-bond acceptors (Lipinski definition) is 4. The molecule has 5 heteroatoms. The summed E-state index contributed by atoms with van der Waals surface area (Å²) in [5.41, 5.74) is 2.83. The molecule has 156 valence electrons. The lowest BCUT2D eigenvalue weighted by atomic mass is 9.74. The summed E-state index contributed by atoms with van der Waals surface area (Å²) in [4.78, 5) is 31.8. The van der Waals surface area contributed by atoms with Gasteiger partial charge < -0.3 is 4.74 Å². The normalized spacial score (nSPS) is 17.7. The number of benzene rings is 2. The van der Waals surface area contributed by atoms with Crippen molar-refractivity contribution in [1.82, 2.24) is 4.98 Å². The number of para-hydroxylation sites is 2. The Bertz CT molecular complexity index is 1100. The summed E-state index contributed by atoms with van der Waals surface area (Å²) in [6.07, 6.45) is 7.52. The molecule has 3 aromatic rings. The Hall–Kier alpha value is -3.73. The van der Waals surface area contributed by atoms with Crippen molar-refractivity contribution in [2.24, 2.45) is 0 Å². The van der Waals surface area contributed by atoms with Crippen LogP contribution in [0.2, 0.25) is 0 Å². The summed E-state index contributed by atoms with van der Waals surface area (Å²) in [5, 5.41) is 0. The van der Waals surface area contributed by atoms with Gasteiger partial charge in [0.1, 0.15) is 0 Å². The molecule has 31 heavy (non-hydrogen) atoms. The number of aromatic nitrogens is 1. The van der Waals surface area contributed by atoms with E-state index in [-0.39, 0.29) is 5.91 Å². The van der Waals surface area contributed by atoms with Gasteiger partial charge in [0.2, 0.25) is 5.91 Å². The van der Waals surface area contributed by atoms with E-state index >= 15 is 0 Å². The van der Waals surface area contributed by atoms with Crippen LogP contribution in [0.5, 0.6) is 0 Å². The summed E-state index contributed by atoms with van der Waals surface area (Å²) in [6.45, 7) is 2.08. The van der Waals surface area contributed by atoms with Crippen molar-refractivity contribution in [3.63, 3.8) is 0 Å². The van der Waals surface area contributed by atoms with Gasteiger partial charge in [0.25, 0.3) is 0 Å². The smallest absolute Gasteiger partial charge is 0.330 e. The van der Waals surface area contributed by atoms with Crippen LogP contribution in [0.1, 0.15) is 24.5 Å². The fraction of sp³-hybridized carbons (Fsp3) is 0.192. The van der Waals surface area contributed by atoms with Crippen LogP contribution in [0.3, 0.4) is 0 Å². The number of rotatable bonds is 7. The average molecular weight is 412 g/mol. The number of nitrogens with zero attached hydrogens (tertiary/aromatic N) is 2. The highest BCUT2D eigenvalue weighted by molar-refractivity contribution is 6.13. The molecule has 1 aliphatic heterocycles. The van der Waals surface area contributed by atoms with Gasteiger partial charge in [-0.05, 0) is 61.2 Å². The van der Waals surface area contributed by atoms with Crippen LogP contribution < -0.4 is 4.90 Å². The van der Waals surface area contributed by atoms with E-state index in [0.717, 1.165) is 22.5 Å². The second kappa shape index (κ2) is 8.96. The van der Waals surface area contributed by atoms with Crippen LogP contribution in [0.15, 0.2) is 91.3 Å². The number of pyridine rings is 1. The van der Waals surface area contributed by atoms with E-state index in [1.54, 1.807) is 30.3 Å². The molecular formula is C26H24N2O3. The minimum absolute atomic E-state index is 0.00905. The zero-order valence-electron chi connectivity index (χ0n) is 17.4. The average Bonchev–Trinajstić information content (AvgIpc) is 3.03. The number of fused-ring (bicyclic) bond motifs is 1. The fourth-order valence-electron chi connectivity index (χ4n) is 4.18. The molecule has 0 fully saturated rings. The molecule has 0 N–H and O–H groups in total. The molecule has 4 rings (SSSR count). The number of allylic oxidation sites excluding steroid dienone is 1. The number of carbonyl (C=O) groups excluding carboxylic acids is 2. The lowest BCUT2D eigenvalue weighted by Gasteiger charge is -2.28. The Morgan fingerprint density at radius 2 is 1.74 bits per heavy atom. The molecule has 0 saturated heterocycles. The summed E-state index contributed by atoms with van der Waals surface area (Å²) >= 11 is 0. The van der Waals surface area contributed by atoms with E-state index in [1.807, 2.05) is 66.7 Å². The van der Waals surface area contributed by atoms with Gasteiger partial charge >= 0.3 is 5.97 Å². The topological polar surface area (TPSA) is 59.5 Å². The number of esters is 1. The van der Waals surface area contributed by atoms with Crippen LogP contribution in [0.25, 0.3) is 0 Å².